The highest BCUT2D eigenvalue weighted by atomic mass is 16.7. The summed E-state index contributed by atoms with van der Waals surface area (Å²) in [5.41, 5.74) is 8.45. The van der Waals surface area contributed by atoms with Gasteiger partial charge in [0.2, 0.25) is 0 Å². The largest absolute Gasteiger partial charge is 0.352 e. The Labute approximate surface area is 280 Å². The van der Waals surface area contributed by atoms with Crippen LogP contribution in [-0.2, 0) is 9.68 Å². The van der Waals surface area contributed by atoms with Gasteiger partial charge in [-0.15, -0.1) is 5.10 Å². The van der Waals surface area contributed by atoms with Crippen LogP contribution in [0, 0.1) is 0 Å². The Bertz CT molecular complexity index is 1650. The van der Waals surface area contributed by atoms with Crippen LogP contribution in [0.5, 0.6) is 0 Å². The third kappa shape index (κ3) is 5.45. The summed E-state index contributed by atoms with van der Waals surface area (Å²) in [6.07, 6.45) is 16.7. The molecular formula is C32H42N14O2. The maximum absolute atomic E-state index is 5.37. The SMILES string of the molecule is CCCN1CC(C)=C(n2ccnn2)C2=C1N1CN(OC)C=C1C=N2.CCCN1CC(C)=C(n2cncn2)C2=C1N1CN(OC)C=C1C=N2. The van der Waals surface area contributed by atoms with Crippen LogP contribution in [0.25, 0.3) is 11.4 Å². The molecule has 0 bridgehead atoms. The van der Waals surface area contributed by atoms with E-state index in [2.05, 4.69) is 67.7 Å². The first-order valence-electron chi connectivity index (χ1n) is 16.2. The number of aliphatic imine (C=N–C) groups is 2. The molecule has 6 aliphatic rings. The molecule has 6 aliphatic heterocycles. The van der Waals surface area contributed by atoms with Gasteiger partial charge in [0.1, 0.15) is 49.0 Å². The van der Waals surface area contributed by atoms with Gasteiger partial charge in [0.05, 0.1) is 74.2 Å². The van der Waals surface area contributed by atoms with Crippen molar-refractivity contribution in [3.05, 3.63) is 83.0 Å². The van der Waals surface area contributed by atoms with Gasteiger partial charge in [-0.3, -0.25) is 9.68 Å². The first-order valence-corrected chi connectivity index (χ1v) is 16.2. The van der Waals surface area contributed by atoms with Crippen LogP contribution in [-0.4, -0.2) is 126 Å². The molecule has 8 rings (SSSR count). The van der Waals surface area contributed by atoms with Crippen LogP contribution in [0.4, 0.5) is 0 Å². The quantitative estimate of drug-likeness (QED) is 0.416. The minimum Gasteiger partial charge on any atom is -0.352 e. The monoisotopic (exact) mass is 654 g/mol. The van der Waals surface area contributed by atoms with Crippen molar-refractivity contribution in [3.8, 4) is 0 Å². The number of hydrogen-bond acceptors (Lipinski definition) is 14. The van der Waals surface area contributed by atoms with E-state index in [-0.39, 0.29) is 0 Å². The molecule has 0 saturated carbocycles. The highest BCUT2D eigenvalue weighted by Crippen LogP contribution is 2.40. The lowest BCUT2D eigenvalue weighted by molar-refractivity contribution is -0.0971. The van der Waals surface area contributed by atoms with Gasteiger partial charge in [0.15, 0.2) is 0 Å². The van der Waals surface area contributed by atoms with E-state index >= 15 is 0 Å². The molecule has 0 radical (unpaired) electrons. The van der Waals surface area contributed by atoms with E-state index in [0.717, 1.165) is 84.8 Å². The van der Waals surface area contributed by atoms with Gasteiger partial charge < -0.3 is 19.6 Å². The van der Waals surface area contributed by atoms with Gasteiger partial charge in [-0.25, -0.2) is 34.5 Å². The number of hydrogen-bond donors (Lipinski definition) is 0. The Morgan fingerprint density at radius 2 is 1.29 bits per heavy atom. The average Bonchev–Trinajstić information content (AvgIpc) is 3.92. The van der Waals surface area contributed by atoms with Crippen molar-refractivity contribution in [2.45, 2.75) is 40.5 Å². The van der Waals surface area contributed by atoms with E-state index in [0.29, 0.717) is 13.3 Å². The molecule has 48 heavy (non-hydrogen) atoms. The average molecular weight is 655 g/mol. The summed E-state index contributed by atoms with van der Waals surface area (Å²) in [6, 6.07) is 0. The predicted molar refractivity (Wildman–Crippen MR) is 180 cm³/mol. The van der Waals surface area contributed by atoms with Gasteiger partial charge in [-0.05, 0) is 37.8 Å². The molecule has 252 valence electrons. The fraction of sp³-hybridized carbons (Fsp3) is 0.438. The summed E-state index contributed by atoms with van der Waals surface area (Å²) in [5.74, 6) is 2.22. The van der Waals surface area contributed by atoms with E-state index in [9.17, 15) is 0 Å². The highest BCUT2D eigenvalue weighted by molar-refractivity contribution is 5.86. The molecule has 0 N–H and O–H groups in total. The smallest absolute Gasteiger partial charge is 0.139 e. The van der Waals surface area contributed by atoms with Crippen molar-refractivity contribution in [1.82, 2.24) is 59.5 Å². The van der Waals surface area contributed by atoms with Crippen LogP contribution < -0.4 is 0 Å². The van der Waals surface area contributed by atoms with Crippen LogP contribution in [0.2, 0.25) is 0 Å². The Morgan fingerprint density at radius 1 is 0.750 bits per heavy atom. The molecule has 0 spiro atoms. The van der Waals surface area contributed by atoms with Gasteiger partial charge in [-0.1, -0.05) is 19.1 Å². The molecule has 0 amide bonds. The third-order valence-electron chi connectivity index (χ3n) is 8.79. The van der Waals surface area contributed by atoms with Gasteiger partial charge in [-0.2, -0.15) is 5.10 Å². The zero-order valence-corrected chi connectivity index (χ0v) is 28.4. The van der Waals surface area contributed by atoms with E-state index < -0.39 is 0 Å². The second-order valence-corrected chi connectivity index (χ2v) is 12.1. The van der Waals surface area contributed by atoms with Crippen molar-refractivity contribution in [1.29, 1.82) is 0 Å². The lowest BCUT2D eigenvalue weighted by Crippen LogP contribution is -2.42. The summed E-state index contributed by atoms with van der Waals surface area (Å²) < 4.78 is 3.62. The summed E-state index contributed by atoms with van der Waals surface area (Å²) in [5, 5.41) is 16.1. The Balaban J connectivity index is 0.000000152. The normalized spacial score (nSPS) is 20.0. The molecule has 2 aromatic rings. The predicted octanol–water partition coefficient (Wildman–Crippen LogP) is 2.93. The molecular weight excluding hydrogens is 612 g/mol. The standard InChI is InChI=1S/2C16H21N7O/c1-4-6-20-9-12(2)15(23-7-5-18-19-23)14-16(20)22-11-21(24-3)10-13(22)8-17-14;1-4-5-20-7-12(2)15(23-10-17-9-19-23)14-16(20)22-11-21(24-3)8-13(22)6-18-14/h5,7-8,10H,4,6,9,11H2,1-3H3;6,8-10H,4-5,7,11H2,1-3H3. The van der Waals surface area contributed by atoms with Gasteiger partial charge in [0.25, 0.3) is 0 Å². The molecule has 0 atom stereocenters. The Hall–Kier alpha value is -5.22. The van der Waals surface area contributed by atoms with Crippen LogP contribution in [0.1, 0.15) is 40.5 Å². The minimum absolute atomic E-state index is 0.653. The summed E-state index contributed by atoms with van der Waals surface area (Å²) in [7, 11) is 3.36. The van der Waals surface area contributed by atoms with Crippen molar-refractivity contribution >= 4 is 23.8 Å². The van der Waals surface area contributed by atoms with Crippen molar-refractivity contribution in [3.63, 3.8) is 0 Å². The molecule has 0 aromatic carbocycles. The van der Waals surface area contributed by atoms with Crippen molar-refractivity contribution in [2.75, 3.05) is 53.7 Å². The number of aromatic nitrogens is 6. The highest BCUT2D eigenvalue weighted by Gasteiger charge is 2.38. The summed E-state index contributed by atoms with van der Waals surface area (Å²) in [6.45, 7) is 13.6. The minimum atomic E-state index is 0.653. The fourth-order valence-corrected chi connectivity index (χ4v) is 6.82. The maximum Gasteiger partial charge on any atom is 0.139 e. The molecule has 0 saturated heterocycles. The van der Waals surface area contributed by atoms with E-state index in [1.54, 1.807) is 33.1 Å². The van der Waals surface area contributed by atoms with Gasteiger partial charge in [0, 0.05) is 26.2 Å². The fourth-order valence-electron chi connectivity index (χ4n) is 6.82. The molecule has 0 unspecified atom stereocenters. The molecule has 0 fully saturated rings. The first-order chi connectivity index (χ1) is 23.4. The van der Waals surface area contributed by atoms with E-state index in [1.807, 2.05) is 50.5 Å². The first kappa shape index (κ1) is 31.4. The molecule has 0 aliphatic carbocycles. The maximum atomic E-state index is 5.37. The van der Waals surface area contributed by atoms with Crippen molar-refractivity contribution in [2.24, 2.45) is 9.98 Å². The molecule has 16 heteroatoms. The summed E-state index contributed by atoms with van der Waals surface area (Å²) in [4.78, 5) is 33.6. The molecule has 16 nitrogen and oxygen atoms in total. The van der Waals surface area contributed by atoms with E-state index in [1.165, 1.54) is 11.1 Å². The van der Waals surface area contributed by atoms with Crippen LogP contribution in [0.15, 0.2) is 93.0 Å². The number of hydroxylamine groups is 4. The van der Waals surface area contributed by atoms with E-state index in [4.69, 9.17) is 19.7 Å². The topological polar surface area (TPSA) is 124 Å². The lowest BCUT2D eigenvalue weighted by Gasteiger charge is -2.40. The number of rotatable bonds is 8. The van der Waals surface area contributed by atoms with Crippen LogP contribution >= 0.6 is 0 Å². The van der Waals surface area contributed by atoms with Gasteiger partial charge >= 0.3 is 0 Å². The van der Waals surface area contributed by atoms with Crippen LogP contribution in [0.3, 0.4) is 0 Å². The Kier molecular flexibility index (Phi) is 8.58. The summed E-state index contributed by atoms with van der Waals surface area (Å²) >= 11 is 0. The number of nitrogens with zero attached hydrogens (tertiary/aromatic N) is 14. The second kappa shape index (κ2) is 13.1. The van der Waals surface area contributed by atoms with Crippen molar-refractivity contribution < 1.29 is 9.68 Å². The Morgan fingerprint density at radius 3 is 1.73 bits per heavy atom. The molecule has 8 heterocycles. The molecule has 2 aromatic heterocycles. The lowest BCUT2D eigenvalue weighted by atomic mass is 10.1. The zero-order chi connectivity index (χ0) is 33.4. The third-order valence-corrected chi connectivity index (χ3v) is 8.79. The number of allylic oxidation sites excluding steroid dienone is 4. The number of fused-ring (bicyclic) bond motifs is 4. The zero-order valence-electron chi connectivity index (χ0n) is 28.4. The second-order valence-electron chi connectivity index (χ2n) is 12.1.